The molecule has 0 aliphatic carbocycles. The Morgan fingerprint density at radius 1 is 0.535 bits per heavy atom. The minimum absolute atomic E-state index is 0.0260. The van der Waals surface area contributed by atoms with Gasteiger partial charge in [-0.3, -0.25) is 9.59 Å². The van der Waals surface area contributed by atoms with Gasteiger partial charge in [-0.15, -0.1) is 13.2 Å². The molecule has 12 nitrogen and oxygen atoms in total. The van der Waals surface area contributed by atoms with Gasteiger partial charge >= 0.3 is 0 Å². The number of amides is 2. The van der Waals surface area contributed by atoms with Crippen molar-refractivity contribution in [2.24, 2.45) is 34.5 Å². The van der Waals surface area contributed by atoms with E-state index >= 15 is 0 Å². The molecule has 9 aromatic carbocycles. The Bertz CT molecular complexity index is 4580. The van der Waals surface area contributed by atoms with Crippen LogP contribution in [0.15, 0.2) is 279 Å². The third kappa shape index (κ3) is 15.7. The van der Waals surface area contributed by atoms with Gasteiger partial charge in [0.05, 0.1) is 32.9 Å². The highest BCUT2D eigenvalue weighted by molar-refractivity contribution is 8.14. The number of nitrogens with two attached hydrogens (primary N) is 1. The van der Waals surface area contributed by atoms with Gasteiger partial charge in [0.25, 0.3) is 10.5 Å². The first-order valence-electron chi connectivity index (χ1n) is 33.9. The maximum absolute atomic E-state index is 13.2. The quantitative estimate of drug-likeness (QED) is 0.0290. The second kappa shape index (κ2) is 31.8. The van der Waals surface area contributed by atoms with Crippen LogP contribution in [0, 0.1) is 37.5 Å². The number of aryl methyl sites for hydroxylation is 2. The van der Waals surface area contributed by atoms with Crippen molar-refractivity contribution in [1.29, 1.82) is 0 Å². The van der Waals surface area contributed by atoms with Crippen LogP contribution in [-0.4, -0.2) is 68.5 Å². The van der Waals surface area contributed by atoms with Gasteiger partial charge in [0.15, 0.2) is 0 Å². The first-order valence-corrected chi connectivity index (χ1v) is 37.0. The minimum Gasteiger partial charge on any atom is -0.457 e. The molecule has 8 atom stereocenters. The van der Waals surface area contributed by atoms with Crippen molar-refractivity contribution in [3.05, 3.63) is 307 Å². The number of nitrogens with zero attached hydrogens (tertiary/aromatic N) is 7. The largest absolute Gasteiger partial charge is 0.457 e. The Labute approximate surface area is 589 Å². The van der Waals surface area contributed by atoms with Crippen LogP contribution in [0.1, 0.15) is 58.4 Å². The summed E-state index contributed by atoms with van der Waals surface area (Å²) in [5.74, 6) is 4.24. The van der Waals surface area contributed by atoms with E-state index < -0.39 is 7.92 Å². The summed E-state index contributed by atoms with van der Waals surface area (Å²) in [5, 5.41) is 10.5. The van der Waals surface area contributed by atoms with Crippen molar-refractivity contribution in [3.63, 3.8) is 0 Å². The summed E-state index contributed by atoms with van der Waals surface area (Å²) in [7, 11) is -0.446. The lowest BCUT2D eigenvalue weighted by atomic mass is 9.79. The summed E-state index contributed by atoms with van der Waals surface area (Å²) < 4.78 is 12.0. The number of fused-ring (bicyclic) bond motifs is 4. The van der Waals surface area contributed by atoms with Gasteiger partial charge in [-0.05, 0) is 219 Å². The molecule has 0 saturated carbocycles. The topological polar surface area (TPSA) is 160 Å². The van der Waals surface area contributed by atoms with Gasteiger partial charge in [-0.25, -0.2) is 9.97 Å². The lowest BCUT2D eigenvalue weighted by molar-refractivity contribution is 0.135. The third-order valence-electron chi connectivity index (χ3n) is 19.3. The molecule has 15 rings (SSSR count). The zero-order chi connectivity index (χ0) is 68.2. The molecule has 2 aromatic heterocycles. The smallest absolute Gasteiger partial charge is 0.282 e. The average molecular weight is 1360 g/mol. The van der Waals surface area contributed by atoms with E-state index in [-0.39, 0.29) is 44.9 Å². The molecule has 99 heavy (non-hydrogen) atoms. The SMILES string of the molecule is C=C[C@@H](CN)[C@H]1CCN2C(=O)S[C@H](c3cc(-c4ccc(Oc5ccccc5)cc4)nc4ccc(C)cc34)[C@@H]2C1.C=C[C@@H](CN=[N+]=[N-])[C@H]1CCN2C(=O)S[C@H](c3cc(-c4ccc(Oc5ccccc5)cc4)nc4ccc(C)cc34)[C@@H]2C1.c1ccc(P(c2ccccc2)c2ccccc2)cc1. The maximum atomic E-state index is 13.2. The molecule has 4 aliphatic heterocycles. The molecule has 4 aliphatic rings. The van der Waals surface area contributed by atoms with Crippen LogP contribution in [-0.2, 0) is 0 Å². The first-order chi connectivity index (χ1) is 48.5. The summed E-state index contributed by atoms with van der Waals surface area (Å²) in [4.78, 5) is 43.6. The van der Waals surface area contributed by atoms with Crippen molar-refractivity contribution in [3.8, 4) is 45.5 Å². The zero-order valence-electron chi connectivity index (χ0n) is 55.6. The summed E-state index contributed by atoms with van der Waals surface area (Å²) >= 11 is 2.89. The van der Waals surface area contributed by atoms with E-state index in [0.717, 1.165) is 111 Å². The second-order valence-corrected chi connectivity index (χ2v) is 30.0. The fraction of sp³-hybridized carbons (Fsp3) is 0.214. The predicted octanol–water partition coefficient (Wildman–Crippen LogP) is 20.3. The molecule has 0 radical (unpaired) electrons. The molecule has 2 amide bonds. The van der Waals surface area contributed by atoms with Crippen molar-refractivity contribution >= 4 is 79.6 Å². The van der Waals surface area contributed by atoms with Crippen molar-refractivity contribution < 1.29 is 19.1 Å². The number of ether oxygens (including phenoxy) is 2. The van der Waals surface area contributed by atoms with Gasteiger partial charge < -0.3 is 25.0 Å². The van der Waals surface area contributed by atoms with E-state index in [9.17, 15) is 9.59 Å². The molecule has 6 heterocycles. The lowest BCUT2D eigenvalue weighted by Gasteiger charge is -2.39. The van der Waals surface area contributed by atoms with Crippen molar-refractivity contribution in [1.82, 2.24) is 19.8 Å². The minimum atomic E-state index is -0.446. The Kier molecular flexibility index (Phi) is 21.8. The molecule has 11 aromatic rings. The van der Waals surface area contributed by atoms with E-state index in [1.54, 1.807) is 0 Å². The van der Waals surface area contributed by atoms with Gasteiger partial charge in [0.2, 0.25) is 0 Å². The molecule has 0 bridgehead atoms. The number of para-hydroxylation sites is 2. The van der Waals surface area contributed by atoms with Gasteiger partial charge in [0, 0.05) is 58.5 Å². The van der Waals surface area contributed by atoms with E-state index in [4.69, 9.17) is 30.7 Å². The van der Waals surface area contributed by atoms with Gasteiger partial charge in [-0.1, -0.05) is 191 Å². The molecule has 2 N–H and O–H groups in total. The van der Waals surface area contributed by atoms with Gasteiger partial charge in [0.1, 0.15) is 23.0 Å². The van der Waals surface area contributed by atoms with Crippen molar-refractivity contribution in [2.75, 3.05) is 26.2 Å². The number of hydrogen-bond donors (Lipinski definition) is 1. The number of rotatable bonds is 18. The fourth-order valence-corrected chi connectivity index (χ4v) is 19.2. The van der Waals surface area contributed by atoms with Crippen LogP contribution in [0.2, 0.25) is 0 Å². The summed E-state index contributed by atoms with van der Waals surface area (Å²) in [5.41, 5.74) is 25.2. The Balaban J connectivity index is 0.000000142. The van der Waals surface area contributed by atoms with E-state index in [1.165, 1.54) is 50.6 Å². The highest BCUT2D eigenvalue weighted by atomic mass is 32.2. The molecule has 0 unspecified atom stereocenters. The number of hydrogen-bond acceptors (Lipinski definition) is 10. The number of carbonyl (C=O) groups is 2. The predicted molar refractivity (Wildman–Crippen MR) is 410 cm³/mol. The van der Waals surface area contributed by atoms with E-state index in [0.29, 0.717) is 31.5 Å². The summed E-state index contributed by atoms with van der Waals surface area (Å²) in [6.45, 7) is 14.7. The number of aromatic nitrogens is 2. The number of benzene rings is 9. The Hall–Kier alpha value is -9.78. The van der Waals surface area contributed by atoms with E-state index in [2.05, 4.69) is 194 Å². The van der Waals surface area contributed by atoms with Crippen molar-refractivity contribution in [2.45, 2.75) is 62.1 Å². The summed E-state index contributed by atoms with van der Waals surface area (Å²) in [6, 6.07) is 85.2. The number of carbonyl (C=O) groups excluding carboxylic acids is 2. The Morgan fingerprint density at radius 3 is 1.28 bits per heavy atom. The van der Waals surface area contributed by atoms with Gasteiger partial charge in [-0.2, -0.15) is 0 Å². The number of piperidine rings is 2. The molecule has 15 heteroatoms. The monoisotopic (exact) mass is 1360 g/mol. The van der Waals surface area contributed by atoms with Crippen LogP contribution >= 0.6 is 31.4 Å². The van der Waals surface area contributed by atoms with Crippen LogP contribution in [0.5, 0.6) is 23.0 Å². The number of pyridine rings is 2. The van der Waals surface area contributed by atoms with Crippen LogP contribution in [0.3, 0.4) is 0 Å². The average Bonchev–Trinajstić information content (AvgIpc) is 1.69. The second-order valence-electron chi connectivity index (χ2n) is 25.6. The molecule has 4 fully saturated rings. The molecule has 496 valence electrons. The highest BCUT2D eigenvalue weighted by Crippen LogP contribution is 2.53. The number of thioether (sulfide) groups is 2. The van der Waals surface area contributed by atoms with Crippen LogP contribution < -0.4 is 31.1 Å². The van der Waals surface area contributed by atoms with Crippen LogP contribution in [0.25, 0.3) is 54.8 Å². The highest BCUT2D eigenvalue weighted by Gasteiger charge is 2.48. The maximum Gasteiger partial charge on any atom is 0.282 e. The fourth-order valence-electron chi connectivity index (χ4n) is 14.2. The first kappa shape index (κ1) is 67.8. The normalized spacial score (nSPS) is 19.1. The standard InChI is InChI=1S/C33H31N5O2S.C33H33N3O2S.C18H15P/c1-3-22(20-35-37-34)24-15-16-38-31(18-24)32(41-33(38)39)28-19-30(36-29-14-9-21(2)17-27(28)29)23-10-12-26(13-11-23)40-25-7-5-4-6-8-25;1-3-22(20-34)24-15-16-36-31(18-24)32(39-33(36)37)28-19-30(35-29-14-9-21(2)17-27(28)29)23-10-12-26(13-11-23)38-25-7-5-4-6-8-25;1-4-10-16(11-5-1)19(17-12-6-2-7-13-17)18-14-8-3-9-15-18/h3-14,17,19,22,24,31-32H,1,15-16,18,20H2,2H3;3-14,17,19,22,24,31-32H,1,15-16,18,20,34H2,2H3;1-15H/t2*22-,24-,31-,32+;/m00./s1. The third-order valence-corrected chi connectivity index (χ3v) is 24.3. The van der Waals surface area contributed by atoms with Crippen LogP contribution in [0.4, 0.5) is 9.59 Å². The molecular weight excluding hydrogens is 1280 g/mol. The lowest BCUT2D eigenvalue weighted by Crippen LogP contribution is -2.44. The zero-order valence-corrected chi connectivity index (χ0v) is 58.1. The Morgan fingerprint density at radius 2 is 0.909 bits per heavy atom. The molecular formula is C84H79N8O4PS2. The number of azide groups is 1. The summed E-state index contributed by atoms with van der Waals surface area (Å²) in [6.07, 6.45) is 7.54. The van der Waals surface area contributed by atoms with E-state index in [1.807, 2.05) is 114 Å². The molecule has 0 spiro atoms. The molecule has 4 saturated heterocycles.